The van der Waals surface area contributed by atoms with Crippen LogP contribution in [0.25, 0.3) is 0 Å². The number of ether oxygens (including phenoxy) is 1. The Labute approximate surface area is 97.4 Å². The molecule has 1 rings (SSSR count). The highest BCUT2D eigenvalue weighted by molar-refractivity contribution is 5.07. The average Bonchev–Trinajstić information content (AvgIpc) is 2.72. The van der Waals surface area contributed by atoms with Gasteiger partial charge in [0.05, 0.1) is 12.3 Å². The largest absolute Gasteiger partial charge is 0.448 e. The molecule has 0 bridgehead atoms. The summed E-state index contributed by atoms with van der Waals surface area (Å²) in [5.74, 6) is 1.66. The molecule has 0 aliphatic heterocycles. The zero-order valence-corrected chi connectivity index (χ0v) is 10.5. The summed E-state index contributed by atoms with van der Waals surface area (Å²) >= 11 is 0. The molecule has 1 aromatic heterocycles. The maximum Gasteiger partial charge on any atom is 0.181 e. The Kier molecular flexibility index (Phi) is 6.11. The van der Waals surface area contributed by atoms with Gasteiger partial charge in [-0.2, -0.15) is 0 Å². The number of rotatable bonds is 8. The maximum atomic E-state index is 5.41. The number of aromatic nitrogens is 1. The van der Waals surface area contributed by atoms with Crippen LogP contribution >= 0.6 is 0 Å². The van der Waals surface area contributed by atoms with Gasteiger partial charge in [-0.15, -0.1) is 0 Å². The number of hydrogen-bond donors (Lipinski definition) is 1. The highest BCUT2D eigenvalue weighted by Gasteiger charge is 2.10. The summed E-state index contributed by atoms with van der Waals surface area (Å²) in [5, 5.41) is 3.27. The molecule has 0 aliphatic rings. The van der Waals surface area contributed by atoms with Gasteiger partial charge in [0, 0.05) is 26.6 Å². The molecule has 0 saturated heterocycles. The van der Waals surface area contributed by atoms with E-state index in [0.29, 0.717) is 5.92 Å². The van der Waals surface area contributed by atoms with E-state index in [1.807, 2.05) is 0 Å². The predicted octanol–water partition coefficient (Wildman–Crippen LogP) is 2.00. The zero-order chi connectivity index (χ0) is 11.8. The van der Waals surface area contributed by atoms with Crippen molar-refractivity contribution in [3.63, 3.8) is 0 Å². The highest BCUT2D eigenvalue weighted by Crippen LogP contribution is 2.14. The Hall–Kier alpha value is -0.870. The van der Waals surface area contributed by atoms with Crippen LogP contribution in [0.2, 0.25) is 0 Å². The molecule has 0 spiro atoms. The molecule has 4 nitrogen and oxygen atoms in total. The summed E-state index contributed by atoms with van der Waals surface area (Å²) in [6.07, 6.45) is 3.67. The lowest BCUT2D eigenvalue weighted by molar-refractivity contribution is 0.199. The molecule has 0 fully saturated rings. The molecule has 1 N–H and O–H groups in total. The quantitative estimate of drug-likeness (QED) is 0.689. The summed E-state index contributed by atoms with van der Waals surface area (Å²) in [5.41, 5.74) is 1.02. The van der Waals surface area contributed by atoms with E-state index in [1.165, 1.54) is 6.39 Å². The standard InChI is InChI=1S/C12H22N2O2/c1-4-10(2)7-12-11(14-9-16-12)8-13-5-6-15-3/h9-10,13H,4-8H2,1-3H3. The highest BCUT2D eigenvalue weighted by atomic mass is 16.5. The Bertz CT molecular complexity index is 286. The van der Waals surface area contributed by atoms with Gasteiger partial charge in [-0.05, 0) is 5.92 Å². The Morgan fingerprint density at radius 1 is 1.56 bits per heavy atom. The molecular weight excluding hydrogens is 204 g/mol. The number of hydrogen-bond acceptors (Lipinski definition) is 4. The first-order valence-corrected chi connectivity index (χ1v) is 5.88. The molecule has 0 radical (unpaired) electrons. The summed E-state index contributed by atoms with van der Waals surface area (Å²) in [6.45, 7) is 6.73. The topological polar surface area (TPSA) is 47.3 Å². The molecule has 1 aromatic rings. The van der Waals surface area contributed by atoms with Crippen molar-refractivity contribution in [2.75, 3.05) is 20.3 Å². The third-order valence-electron chi connectivity index (χ3n) is 2.73. The van der Waals surface area contributed by atoms with Crippen LogP contribution in [0.3, 0.4) is 0 Å². The van der Waals surface area contributed by atoms with Crippen LogP contribution in [0.15, 0.2) is 10.8 Å². The van der Waals surface area contributed by atoms with Crippen molar-refractivity contribution in [3.05, 3.63) is 17.8 Å². The third-order valence-corrected chi connectivity index (χ3v) is 2.73. The van der Waals surface area contributed by atoms with Gasteiger partial charge < -0.3 is 14.5 Å². The second kappa shape index (κ2) is 7.41. The average molecular weight is 226 g/mol. The molecule has 1 unspecified atom stereocenters. The van der Waals surface area contributed by atoms with Gasteiger partial charge in [-0.3, -0.25) is 0 Å². The minimum atomic E-state index is 0.644. The van der Waals surface area contributed by atoms with E-state index in [9.17, 15) is 0 Å². The fourth-order valence-electron chi connectivity index (χ4n) is 1.45. The monoisotopic (exact) mass is 226 g/mol. The second-order valence-corrected chi connectivity index (χ2v) is 4.11. The minimum Gasteiger partial charge on any atom is -0.448 e. The molecule has 0 aromatic carbocycles. The fraction of sp³-hybridized carbons (Fsp3) is 0.750. The predicted molar refractivity (Wildman–Crippen MR) is 63.2 cm³/mol. The van der Waals surface area contributed by atoms with E-state index < -0.39 is 0 Å². The van der Waals surface area contributed by atoms with Crippen LogP contribution in [0.5, 0.6) is 0 Å². The van der Waals surface area contributed by atoms with Crippen molar-refractivity contribution in [2.24, 2.45) is 5.92 Å². The van der Waals surface area contributed by atoms with Gasteiger partial charge in [0.1, 0.15) is 5.76 Å². The Balaban J connectivity index is 2.38. The smallest absolute Gasteiger partial charge is 0.181 e. The fourth-order valence-corrected chi connectivity index (χ4v) is 1.45. The number of nitrogens with one attached hydrogen (secondary N) is 1. The Morgan fingerprint density at radius 3 is 3.06 bits per heavy atom. The number of methoxy groups -OCH3 is 1. The van der Waals surface area contributed by atoms with E-state index >= 15 is 0 Å². The van der Waals surface area contributed by atoms with Crippen molar-refractivity contribution >= 4 is 0 Å². The van der Waals surface area contributed by atoms with Crippen LogP contribution in [0.1, 0.15) is 31.7 Å². The van der Waals surface area contributed by atoms with Crippen molar-refractivity contribution in [3.8, 4) is 0 Å². The van der Waals surface area contributed by atoms with Crippen molar-refractivity contribution in [1.82, 2.24) is 10.3 Å². The molecule has 0 amide bonds. The normalized spacial score (nSPS) is 12.9. The van der Waals surface area contributed by atoms with Crippen LogP contribution in [0.4, 0.5) is 0 Å². The van der Waals surface area contributed by atoms with E-state index in [-0.39, 0.29) is 0 Å². The molecule has 16 heavy (non-hydrogen) atoms. The minimum absolute atomic E-state index is 0.644. The van der Waals surface area contributed by atoms with E-state index in [0.717, 1.165) is 44.0 Å². The SMILES string of the molecule is CCC(C)Cc1ocnc1CNCCOC. The van der Waals surface area contributed by atoms with E-state index in [1.54, 1.807) is 7.11 Å². The lowest BCUT2D eigenvalue weighted by atomic mass is 10.0. The summed E-state index contributed by atoms with van der Waals surface area (Å²) in [7, 11) is 1.70. The molecule has 1 heterocycles. The van der Waals surface area contributed by atoms with Crippen LogP contribution in [0, 0.1) is 5.92 Å². The summed E-state index contributed by atoms with van der Waals surface area (Å²) in [6, 6.07) is 0. The van der Waals surface area contributed by atoms with Gasteiger partial charge >= 0.3 is 0 Å². The van der Waals surface area contributed by atoms with Gasteiger partial charge in [0.15, 0.2) is 6.39 Å². The van der Waals surface area contributed by atoms with Gasteiger partial charge in [0.2, 0.25) is 0 Å². The molecule has 4 heteroatoms. The molecular formula is C12H22N2O2. The van der Waals surface area contributed by atoms with Gasteiger partial charge in [0.25, 0.3) is 0 Å². The van der Waals surface area contributed by atoms with Crippen LogP contribution in [-0.4, -0.2) is 25.2 Å². The summed E-state index contributed by atoms with van der Waals surface area (Å²) in [4.78, 5) is 4.23. The first-order valence-electron chi connectivity index (χ1n) is 5.88. The van der Waals surface area contributed by atoms with Crippen LogP contribution in [-0.2, 0) is 17.7 Å². The van der Waals surface area contributed by atoms with Crippen LogP contribution < -0.4 is 5.32 Å². The van der Waals surface area contributed by atoms with Gasteiger partial charge in [-0.25, -0.2) is 4.98 Å². The first kappa shape index (κ1) is 13.2. The summed E-state index contributed by atoms with van der Waals surface area (Å²) < 4.78 is 10.4. The zero-order valence-electron chi connectivity index (χ0n) is 10.5. The molecule has 0 aliphatic carbocycles. The molecule has 92 valence electrons. The Morgan fingerprint density at radius 2 is 2.38 bits per heavy atom. The third kappa shape index (κ3) is 4.33. The molecule has 1 atom stereocenters. The maximum absolute atomic E-state index is 5.41. The lowest BCUT2D eigenvalue weighted by Gasteiger charge is -2.07. The van der Waals surface area contributed by atoms with Crippen molar-refractivity contribution in [2.45, 2.75) is 33.2 Å². The van der Waals surface area contributed by atoms with Crippen molar-refractivity contribution in [1.29, 1.82) is 0 Å². The van der Waals surface area contributed by atoms with E-state index in [2.05, 4.69) is 24.1 Å². The van der Waals surface area contributed by atoms with Gasteiger partial charge in [-0.1, -0.05) is 20.3 Å². The molecule has 0 saturated carbocycles. The second-order valence-electron chi connectivity index (χ2n) is 4.11. The number of oxazole rings is 1. The van der Waals surface area contributed by atoms with E-state index in [4.69, 9.17) is 9.15 Å². The number of nitrogens with zero attached hydrogens (tertiary/aromatic N) is 1. The van der Waals surface area contributed by atoms with Crippen molar-refractivity contribution < 1.29 is 9.15 Å². The first-order chi connectivity index (χ1) is 7.77. The lowest BCUT2D eigenvalue weighted by Crippen LogP contribution is -2.19.